The molecule has 0 amide bonds. The van der Waals surface area contributed by atoms with Gasteiger partial charge in [-0.05, 0) is 24.6 Å². The van der Waals surface area contributed by atoms with Crippen molar-refractivity contribution in [2.24, 2.45) is 0 Å². The van der Waals surface area contributed by atoms with Crippen molar-refractivity contribution in [3.63, 3.8) is 0 Å². The van der Waals surface area contributed by atoms with Crippen LogP contribution in [0.25, 0.3) is 0 Å². The average molecular weight is 286 g/mol. The summed E-state index contributed by atoms with van der Waals surface area (Å²) in [6.07, 6.45) is 0. The quantitative estimate of drug-likeness (QED) is 0.634. The molecule has 0 saturated heterocycles. The predicted octanol–water partition coefficient (Wildman–Crippen LogP) is 2.77. The van der Waals surface area contributed by atoms with Gasteiger partial charge in [0.1, 0.15) is 17.4 Å². The lowest BCUT2D eigenvalue weighted by Crippen LogP contribution is -2.09. The van der Waals surface area contributed by atoms with Gasteiger partial charge < -0.3 is 4.74 Å². The lowest BCUT2D eigenvalue weighted by atomic mass is 10.0. The zero-order valence-corrected chi connectivity index (χ0v) is 10.2. The van der Waals surface area contributed by atoms with Gasteiger partial charge in [-0.3, -0.25) is 0 Å². The molecule has 0 N–H and O–H groups in total. The Hall–Kier alpha value is -1.41. The molecule has 0 radical (unpaired) electrons. The number of carbonyl (C=O) groups excluding carboxylic acids is 1. The third kappa shape index (κ3) is 2.58. The van der Waals surface area contributed by atoms with Crippen LogP contribution < -0.4 is 0 Å². The van der Waals surface area contributed by atoms with E-state index in [-0.39, 0.29) is 17.7 Å². The van der Waals surface area contributed by atoms with E-state index in [1.165, 1.54) is 12.1 Å². The summed E-state index contributed by atoms with van der Waals surface area (Å²) < 4.78 is 18.2. The van der Waals surface area contributed by atoms with Crippen LogP contribution in [0.4, 0.5) is 4.39 Å². The fraction of sp³-hybridized carbons (Fsp3) is 0.273. The maximum absolute atomic E-state index is 13.4. The van der Waals surface area contributed by atoms with Crippen LogP contribution in [0.15, 0.2) is 12.1 Å². The molecule has 84 valence electrons. The highest BCUT2D eigenvalue weighted by Crippen LogP contribution is 2.18. The van der Waals surface area contributed by atoms with Crippen LogP contribution in [0.3, 0.4) is 0 Å². The minimum absolute atomic E-state index is 0.0289. The van der Waals surface area contributed by atoms with Gasteiger partial charge in [-0.1, -0.05) is 15.9 Å². The maximum atomic E-state index is 13.4. The van der Waals surface area contributed by atoms with Gasteiger partial charge in [-0.2, -0.15) is 5.26 Å². The molecule has 0 heterocycles. The number of hydrogen-bond donors (Lipinski definition) is 0. The predicted molar refractivity (Wildman–Crippen MR) is 59.7 cm³/mol. The second kappa shape index (κ2) is 5.61. The van der Waals surface area contributed by atoms with Crippen molar-refractivity contribution in [3.05, 3.63) is 34.6 Å². The zero-order valence-electron chi connectivity index (χ0n) is 8.59. The molecule has 5 heteroatoms. The number of ether oxygens (including phenoxy) is 1. The number of hydrogen-bond acceptors (Lipinski definition) is 3. The summed E-state index contributed by atoms with van der Waals surface area (Å²) in [7, 11) is 0. The minimum atomic E-state index is -0.706. The molecule has 0 bridgehead atoms. The summed E-state index contributed by atoms with van der Waals surface area (Å²) in [5, 5.41) is 9.18. The largest absolute Gasteiger partial charge is 0.462 e. The van der Waals surface area contributed by atoms with Crippen molar-refractivity contribution in [3.8, 4) is 6.07 Å². The summed E-state index contributed by atoms with van der Waals surface area (Å²) in [4.78, 5) is 11.5. The number of nitriles is 1. The number of carbonyl (C=O) groups is 1. The molecule has 0 atom stereocenters. The van der Waals surface area contributed by atoms with Crippen molar-refractivity contribution in [2.75, 3.05) is 6.61 Å². The molecule has 0 aliphatic rings. The molecule has 16 heavy (non-hydrogen) atoms. The molecule has 3 nitrogen and oxygen atoms in total. The van der Waals surface area contributed by atoms with Crippen molar-refractivity contribution in [1.29, 1.82) is 5.26 Å². The van der Waals surface area contributed by atoms with Crippen LogP contribution >= 0.6 is 15.9 Å². The Morgan fingerprint density at radius 3 is 2.81 bits per heavy atom. The minimum Gasteiger partial charge on any atom is -0.462 e. The Balaban J connectivity index is 3.29. The third-order valence-electron chi connectivity index (χ3n) is 1.91. The Morgan fingerprint density at radius 1 is 1.62 bits per heavy atom. The highest BCUT2D eigenvalue weighted by molar-refractivity contribution is 9.08. The van der Waals surface area contributed by atoms with Gasteiger partial charge in [0.05, 0.1) is 12.2 Å². The van der Waals surface area contributed by atoms with Crippen LogP contribution in [-0.4, -0.2) is 12.6 Å². The van der Waals surface area contributed by atoms with Gasteiger partial charge in [0.25, 0.3) is 0 Å². The molecule has 0 aliphatic carbocycles. The Bertz CT molecular complexity index is 454. The first-order valence-corrected chi connectivity index (χ1v) is 5.71. The van der Waals surface area contributed by atoms with Gasteiger partial charge in [-0.25, -0.2) is 9.18 Å². The highest BCUT2D eigenvalue weighted by Gasteiger charge is 2.17. The monoisotopic (exact) mass is 285 g/mol. The first-order valence-electron chi connectivity index (χ1n) is 4.59. The van der Waals surface area contributed by atoms with Gasteiger partial charge in [0.15, 0.2) is 0 Å². The van der Waals surface area contributed by atoms with Gasteiger partial charge in [0, 0.05) is 5.33 Å². The fourth-order valence-electron chi connectivity index (χ4n) is 1.22. The number of benzene rings is 1. The smallest absolute Gasteiger partial charge is 0.339 e. The summed E-state index contributed by atoms with van der Waals surface area (Å²) in [6, 6.07) is 4.33. The van der Waals surface area contributed by atoms with E-state index in [1.54, 1.807) is 13.0 Å². The first-order chi connectivity index (χ1) is 7.63. The molecule has 0 aliphatic heterocycles. The molecule has 0 aromatic heterocycles. The van der Waals surface area contributed by atoms with Gasteiger partial charge in [-0.15, -0.1) is 0 Å². The van der Waals surface area contributed by atoms with E-state index < -0.39 is 11.8 Å². The summed E-state index contributed by atoms with van der Waals surface area (Å²) in [5.74, 6) is -1.39. The lowest BCUT2D eigenvalue weighted by Gasteiger charge is -2.06. The summed E-state index contributed by atoms with van der Waals surface area (Å²) in [6.45, 7) is 1.83. The molecule has 0 saturated carbocycles. The van der Waals surface area contributed by atoms with Crippen molar-refractivity contribution in [1.82, 2.24) is 0 Å². The Morgan fingerprint density at radius 2 is 2.31 bits per heavy atom. The molecule has 0 unspecified atom stereocenters. The molecule has 1 aromatic rings. The second-order valence-electron chi connectivity index (χ2n) is 2.97. The Kier molecular flexibility index (Phi) is 4.44. The standard InChI is InChI=1S/C11H9BrFNO2/c1-2-16-11(15)8-3-7(5-12)4-10(13)9(8)6-14/h3-4H,2,5H2,1H3. The first kappa shape index (κ1) is 12.7. The van der Waals surface area contributed by atoms with Crippen LogP contribution in [0.2, 0.25) is 0 Å². The van der Waals surface area contributed by atoms with E-state index >= 15 is 0 Å². The summed E-state index contributed by atoms with van der Waals surface area (Å²) in [5.41, 5.74) is 0.279. The Labute approximate surface area is 101 Å². The van der Waals surface area contributed by atoms with Crippen molar-refractivity contribution in [2.45, 2.75) is 12.3 Å². The average Bonchev–Trinajstić information content (AvgIpc) is 2.28. The van der Waals surface area contributed by atoms with Gasteiger partial charge in [0.2, 0.25) is 0 Å². The van der Waals surface area contributed by atoms with E-state index in [0.717, 1.165) is 0 Å². The zero-order chi connectivity index (χ0) is 12.1. The molecule has 0 fully saturated rings. The molecule has 1 aromatic carbocycles. The number of alkyl halides is 1. The molecular weight excluding hydrogens is 277 g/mol. The van der Waals surface area contributed by atoms with Crippen LogP contribution in [0, 0.1) is 17.1 Å². The van der Waals surface area contributed by atoms with Crippen molar-refractivity contribution >= 4 is 21.9 Å². The van der Waals surface area contributed by atoms with Crippen LogP contribution in [0.1, 0.15) is 28.4 Å². The van der Waals surface area contributed by atoms with E-state index in [4.69, 9.17) is 10.00 Å². The summed E-state index contributed by atoms with van der Waals surface area (Å²) >= 11 is 3.16. The highest BCUT2D eigenvalue weighted by atomic mass is 79.9. The SMILES string of the molecule is CCOC(=O)c1cc(CBr)cc(F)c1C#N. The number of halogens is 2. The van der Waals surface area contributed by atoms with Crippen LogP contribution in [0.5, 0.6) is 0 Å². The molecule has 0 spiro atoms. The second-order valence-corrected chi connectivity index (χ2v) is 3.53. The fourth-order valence-corrected chi connectivity index (χ4v) is 1.55. The van der Waals surface area contributed by atoms with E-state index in [9.17, 15) is 9.18 Å². The lowest BCUT2D eigenvalue weighted by molar-refractivity contribution is 0.0525. The molecule has 1 rings (SSSR count). The number of esters is 1. The van der Waals surface area contributed by atoms with E-state index in [1.807, 2.05) is 0 Å². The van der Waals surface area contributed by atoms with Crippen molar-refractivity contribution < 1.29 is 13.9 Å². The van der Waals surface area contributed by atoms with E-state index in [2.05, 4.69) is 15.9 Å². The third-order valence-corrected chi connectivity index (χ3v) is 2.56. The number of nitrogens with zero attached hydrogens (tertiary/aromatic N) is 1. The molecular formula is C11H9BrFNO2. The normalized spacial score (nSPS) is 9.62. The van der Waals surface area contributed by atoms with Gasteiger partial charge >= 0.3 is 5.97 Å². The number of rotatable bonds is 3. The topological polar surface area (TPSA) is 50.1 Å². The van der Waals surface area contributed by atoms with E-state index in [0.29, 0.717) is 10.9 Å². The maximum Gasteiger partial charge on any atom is 0.339 e. The van der Waals surface area contributed by atoms with Crippen LogP contribution in [-0.2, 0) is 10.1 Å².